The first kappa shape index (κ1) is 32.0. The van der Waals surface area contributed by atoms with Crippen molar-refractivity contribution >= 4 is 35.4 Å². The van der Waals surface area contributed by atoms with Gasteiger partial charge in [-0.05, 0) is 57.4 Å². The first-order chi connectivity index (χ1) is 19.5. The van der Waals surface area contributed by atoms with Gasteiger partial charge in [0.2, 0.25) is 17.7 Å². The average Bonchev–Trinajstić information content (AvgIpc) is 3.21. The van der Waals surface area contributed by atoms with E-state index in [0.717, 1.165) is 12.8 Å². The highest BCUT2D eigenvalue weighted by molar-refractivity contribution is 6.05. The van der Waals surface area contributed by atoms with Crippen LogP contribution in [0.25, 0.3) is 0 Å². The van der Waals surface area contributed by atoms with E-state index in [1.54, 1.807) is 39.0 Å². The van der Waals surface area contributed by atoms with Crippen LogP contribution >= 0.6 is 0 Å². The molecule has 3 rings (SSSR count). The minimum absolute atomic E-state index is 0.0256. The lowest BCUT2D eigenvalue weighted by molar-refractivity contribution is -0.137. The summed E-state index contributed by atoms with van der Waals surface area (Å²) in [6.45, 7) is 9.88. The Hall–Kier alpha value is -3.51. The van der Waals surface area contributed by atoms with Crippen molar-refractivity contribution in [2.24, 2.45) is 0 Å². The van der Waals surface area contributed by atoms with E-state index in [9.17, 15) is 24.0 Å². The molecule has 5 amide bonds. The predicted octanol–water partition coefficient (Wildman–Crippen LogP) is 2.85. The molecule has 2 N–H and O–H groups in total. The number of piperidine rings is 1. The summed E-state index contributed by atoms with van der Waals surface area (Å²) in [7, 11) is 0. The summed E-state index contributed by atoms with van der Waals surface area (Å²) in [5.74, 6) is -1.41. The van der Waals surface area contributed by atoms with Gasteiger partial charge in [-0.2, -0.15) is 0 Å². The number of unbranched alkanes of at least 4 members (excludes halogenated alkanes) is 1. The Labute approximate surface area is 241 Å². The van der Waals surface area contributed by atoms with E-state index in [2.05, 4.69) is 17.6 Å². The second kappa shape index (κ2) is 14.9. The largest absolute Gasteiger partial charge is 0.444 e. The van der Waals surface area contributed by atoms with Gasteiger partial charge in [0.25, 0.3) is 5.91 Å². The molecule has 0 bridgehead atoms. The van der Waals surface area contributed by atoms with Crippen molar-refractivity contribution in [3.63, 3.8) is 0 Å². The Morgan fingerprint density at radius 2 is 1.80 bits per heavy atom. The van der Waals surface area contributed by atoms with Crippen LogP contribution in [0.2, 0.25) is 0 Å². The molecule has 0 spiro atoms. The van der Waals surface area contributed by atoms with Crippen molar-refractivity contribution in [3.8, 4) is 0 Å². The Morgan fingerprint density at radius 3 is 2.49 bits per heavy atom. The van der Waals surface area contributed by atoms with E-state index in [4.69, 9.17) is 14.2 Å². The second-order valence-electron chi connectivity index (χ2n) is 11.1. The van der Waals surface area contributed by atoms with Crippen LogP contribution in [0.3, 0.4) is 0 Å². The quantitative estimate of drug-likeness (QED) is 0.255. The number of fused-ring (bicyclic) bond motifs is 1. The van der Waals surface area contributed by atoms with Crippen molar-refractivity contribution in [2.75, 3.05) is 44.8 Å². The molecule has 1 saturated heterocycles. The zero-order valence-corrected chi connectivity index (χ0v) is 24.5. The number of anilines is 1. The van der Waals surface area contributed by atoms with Crippen molar-refractivity contribution in [2.45, 2.75) is 78.0 Å². The van der Waals surface area contributed by atoms with Crippen molar-refractivity contribution in [1.29, 1.82) is 0 Å². The number of benzene rings is 1. The first-order valence-corrected chi connectivity index (χ1v) is 14.2. The smallest absolute Gasteiger partial charge is 0.410 e. The summed E-state index contributed by atoms with van der Waals surface area (Å²) in [6, 6.07) is 4.25. The molecular formula is C29H42N4O8. The second-order valence-corrected chi connectivity index (χ2v) is 11.1. The summed E-state index contributed by atoms with van der Waals surface area (Å²) in [6.07, 6.45) is 2.01. The number of imide groups is 1. The molecule has 41 heavy (non-hydrogen) atoms. The third-order valence-corrected chi connectivity index (χ3v) is 6.59. The molecule has 226 valence electrons. The lowest BCUT2D eigenvalue weighted by atomic mass is 10.0. The molecule has 1 atom stereocenters. The van der Waals surface area contributed by atoms with Crippen LogP contribution in [0.1, 0.15) is 75.7 Å². The Morgan fingerprint density at radius 1 is 1.07 bits per heavy atom. The van der Waals surface area contributed by atoms with Gasteiger partial charge in [0.1, 0.15) is 11.6 Å². The molecule has 2 aliphatic heterocycles. The van der Waals surface area contributed by atoms with Gasteiger partial charge in [-0.1, -0.05) is 13.3 Å². The molecule has 2 aliphatic rings. The maximum atomic E-state index is 12.9. The topological polar surface area (TPSA) is 144 Å². The molecule has 1 unspecified atom stereocenters. The normalized spacial score (nSPS) is 16.8. The molecule has 2 heterocycles. The fourth-order valence-corrected chi connectivity index (χ4v) is 4.48. The summed E-state index contributed by atoms with van der Waals surface area (Å²) in [5.41, 5.74) is 0.958. The molecule has 12 heteroatoms. The number of nitrogens with one attached hydrogen (secondary N) is 2. The number of rotatable bonds is 14. The van der Waals surface area contributed by atoms with Crippen LogP contribution in [0.5, 0.6) is 0 Å². The van der Waals surface area contributed by atoms with Crippen LogP contribution in [0.15, 0.2) is 18.2 Å². The Balaban J connectivity index is 1.51. The highest BCUT2D eigenvalue weighted by atomic mass is 16.6. The molecule has 0 saturated carbocycles. The number of amides is 5. The number of carbonyl (C=O) groups excluding carboxylic acids is 5. The van der Waals surface area contributed by atoms with Gasteiger partial charge in [0.05, 0.1) is 19.8 Å². The fraction of sp³-hybridized carbons (Fsp3) is 0.621. The minimum atomic E-state index is -0.706. The molecule has 1 fully saturated rings. The SMILES string of the molecule is CCCCOCCOCCN(CCC(=O)Nc1ccc2c(c1)CN(C1CCC(=O)NC1=O)C2=O)C(=O)OC(C)(C)C. The molecular weight excluding hydrogens is 532 g/mol. The number of hydrogen-bond donors (Lipinski definition) is 2. The summed E-state index contributed by atoms with van der Waals surface area (Å²) in [5, 5.41) is 5.10. The zero-order chi connectivity index (χ0) is 30.0. The standard InChI is InChI=1S/C29H42N4O8/c1-5-6-14-39-16-17-40-15-13-32(28(38)41-29(2,3)4)12-11-25(35)30-21-7-8-22-20(18-21)19-33(27(22)37)23-9-10-24(34)31-26(23)36/h7-8,18,23H,5-6,9-17,19H2,1-4H3,(H,30,35)(H,31,34,36). The van der Waals surface area contributed by atoms with E-state index in [1.165, 1.54) is 9.80 Å². The van der Waals surface area contributed by atoms with Crippen LogP contribution < -0.4 is 10.6 Å². The van der Waals surface area contributed by atoms with Crippen LogP contribution in [-0.2, 0) is 35.1 Å². The summed E-state index contributed by atoms with van der Waals surface area (Å²) < 4.78 is 16.6. The predicted molar refractivity (Wildman–Crippen MR) is 150 cm³/mol. The fourth-order valence-electron chi connectivity index (χ4n) is 4.48. The van der Waals surface area contributed by atoms with Crippen molar-refractivity contribution in [1.82, 2.24) is 15.1 Å². The van der Waals surface area contributed by atoms with Gasteiger partial charge in [0.15, 0.2) is 0 Å². The van der Waals surface area contributed by atoms with Gasteiger partial charge < -0.3 is 29.3 Å². The van der Waals surface area contributed by atoms with Gasteiger partial charge in [-0.25, -0.2) is 4.79 Å². The van der Waals surface area contributed by atoms with Crippen LogP contribution in [0.4, 0.5) is 10.5 Å². The van der Waals surface area contributed by atoms with Gasteiger partial charge in [-0.15, -0.1) is 0 Å². The molecule has 12 nitrogen and oxygen atoms in total. The van der Waals surface area contributed by atoms with Crippen LogP contribution in [0, 0.1) is 0 Å². The molecule has 0 radical (unpaired) electrons. The average molecular weight is 575 g/mol. The highest BCUT2D eigenvalue weighted by Crippen LogP contribution is 2.29. The zero-order valence-electron chi connectivity index (χ0n) is 24.5. The first-order valence-electron chi connectivity index (χ1n) is 14.2. The van der Waals surface area contributed by atoms with Crippen LogP contribution in [-0.4, -0.2) is 90.7 Å². The van der Waals surface area contributed by atoms with Gasteiger partial charge in [0, 0.05) is 50.3 Å². The lowest BCUT2D eigenvalue weighted by Gasteiger charge is -2.29. The van der Waals surface area contributed by atoms with E-state index >= 15 is 0 Å². The number of ether oxygens (including phenoxy) is 3. The van der Waals surface area contributed by atoms with Gasteiger partial charge >= 0.3 is 6.09 Å². The molecule has 0 aromatic heterocycles. The highest BCUT2D eigenvalue weighted by Gasteiger charge is 2.39. The Kier molecular flexibility index (Phi) is 11.7. The number of nitrogens with zero attached hydrogens (tertiary/aromatic N) is 2. The van der Waals surface area contributed by atoms with Crippen molar-refractivity contribution in [3.05, 3.63) is 29.3 Å². The number of hydrogen-bond acceptors (Lipinski definition) is 8. The monoisotopic (exact) mass is 574 g/mol. The maximum absolute atomic E-state index is 12.9. The third-order valence-electron chi connectivity index (χ3n) is 6.59. The van der Waals surface area contributed by atoms with E-state index in [0.29, 0.717) is 36.6 Å². The Bertz CT molecular complexity index is 1120. The van der Waals surface area contributed by atoms with Crippen molar-refractivity contribution < 1.29 is 38.2 Å². The van der Waals surface area contributed by atoms with E-state index in [1.807, 2.05) is 0 Å². The molecule has 1 aromatic carbocycles. The summed E-state index contributed by atoms with van der Waals surface area (Å²) in [4.78, 5) is 65.0. The van der Waals surface area contributed by atoms with E-state index < -0.39 is 23.6 Å². The maximum Gasteiger partial charge on any atom is 0.410 e. The molecule has 1 aromatic rings. The lowest BCUT2D eigenvalue weighted by Crippen LogP contribution is -2.52. The molecule has 0 aliphatic carbocycles. The van der Waals surface area contributed by atoms with Gasteiger partial charge in [-0.3, -0.25) is 24.5 Å². The minimum Gasteiger partial charge on any atom is -0.444 e. The van der Waals surface area contributed by atoms with E-state index in [-0.39, 0.29) is 63.2 Å². The summed E-state index contributed by atoms with van der Waals surface area (Å²) >= 11 is 0. The third kappa shape index (κ3) is 9.82. The number of carbonyl (C=O) groups is 5.